The zero-order chi connectivity index (χ0) is 32.2. The normalized spacial score (nSPS) is 10.9. The van der Waals surface area contributed by atoms with E-state index in [4.69, 9.17) is 0 Å². The standard InChI is InChI=1S/C45H38N2/c1-33-27-29-38(36-17-8-4-9-18-36)31-44(33)46(40-21-12-6-13-22-40)42-25-16-26-43(35(42)3)47(41-23-14-7-15-24-41)45-32-39(30-28-34(45)2)37-19-10-5-11-20-37/h4-32H,1-3H3. The van der Waals surface area contributed by atoms with E-state index in [2.05, 4.69) is 206 Å². The van der Waals surface area contributed by atoms with Gasteiger partial charge in [-0.2, -0.15) is 0 Å². The van der Waals surface area contributed by atoms with Crippen LogP contribution in [-0.2, 0) is 0 Å². The summed E-state index contributed by atoms with van der Waals surface area (Å²) in [6.07, 6.45) is 0. The lowest BCUT2D eigenvalue weighted by atomic mass is 9.99. The van der Waals surface area contributed by atoms with Crippen molar-refractivity contribution in [2.45, 2.75) is 20.8 Å². The van der Waals surface area contributed by atoms with Gasteiger partial charge in [0.1, 0.15) is 0 Å². The van der Waals surface area contributed by atoms with Crippen LogP contribution >= 0.6 is 0 Å². The van der Waals surface area contributed by atoms with Gasteiger partial charge in [-0.15, -0.1) is 0 Å². The van der Waals surface area contributed by atoms with Crippen molar-refractivity contribution in [1.29, 1.82) is 0 Å². The van der Waals surface area contributed by atoms with Crippen LogP contribution in [0.5, 0.6) is 0 Å². The van der Waals surface area contributed by atoms with Crippen molar-refractivity contribution in [3.8, 4) is 22.3 Å². The SMILES string of the molecule is Cc1ccc(-c2ccccc2)cc1N(c1ccccc1)c1cccc(N(c2ccccc2)c2cc(-c3ccccc3)ccc2C)c1C. The summed E-state index contributed by atoms with van der Waals surface area (Å²) in [4.78, 5) is 4.83. The minimum atomic E-state index is 1.12. The molecule has 0 saturated heterocycles. The Hall–Kier alpha value is -5.86. The molecule has 0 atom stereocenters. The first kappa shape index (κ1) is 29.8. The van der Waals surface area contributed by atoms with Crippen LogP contribution in [-0.4, -0.2) is 0 Å². The van der Waals surface area contributed by atoms with Crippen LogP contribution in [0, 0.1) is 20.8 Å². The third kappa shape index (κ3) is 6.06. The molecule has 2 nitrogen and oxygen atoms in total. The highest BCUT2D eigenvalue weighted by Gasteiger charge is 2.23. The number of hydrogen-bond acceptors (Lipinski definition) is 2. The highest BCUT2D eigenvalue weighted by Crippen LogP contribution is 2.46. The van der Waals surface area contributed by atoms with Gasteiger partial charge in [0.15, 0.2) is 0 Å². The molecule has 0 bridgehead atoms. The third-order valence-electron chi connectivity index (χ3n) is 8.90. The van der Waals surface area contributed by atoms with Gasteiger partial charge in [-0.3, -0.25) is 0 Å². The summed E-state index contributed by atoms with van der Waals surface area (Å²) in [5, 5.41) is 0. The minimum absolute atomic E-state index is 1.12. The van der Waals surface area contributed by atoms with Crippen LogP contribution < -0.4 is 9.80 Å². The molecule has 0 aromatic heterocycles. The van der Waals surface area contributed by atoms with Crippen LogP contribution in [0.4, 0.5) is 34.1 Å². The van der Waals surface area contributed by atoms with Crippen LogP contribution in [0.3, 0.4) is 0 Å². The fourth-order valence-corrected chi connectivity index (χ4v) is 6.39. The fourth-order valence-electron chi connectivity index (χ4n) is 6.39. The largest absolute Gasteiger partial charge is 0.310 e. The second kappa shape index (κ2) is 13.2. The lowest BCUT2D eigenvalue weighted by molar-refractivity contribution is 1.19. The highest BCUT2D eigenvalue weighted by molar-refractivity contribution is 5.89. The maximum Gasteiger partial charge on any atom is 0.0511 e. The Labute approximate surface area is 278 Å². The molecule has 0 spiro atoms. The second-order valence-electron chi connectivity index (χ2n) is 12.0. The Morgan fingerprint density at radius 3 is 1.04 bits per heavy atom. The molecule has 0 heterocycles. The first-order valence-electron chi connectivity index (χ1n) is 16.2. The van der Waals surface area contributed by atoms with E-state index in [-0.39, 0.29) is 0 Å². The number of anilines is 6. The van der Waals surface area contributed by atoms with Gasteiger partial charge in [0.25, 0.3) is 0 Å². The highest BCUT2D eigenvalue weighted by atomic mass is 15.2. The van der Waals surface area contributed by atoms with Gasteiger partial charge in [-0.1, -0.05) is 127 Å². The van der Waals surface area contributed by atoms with Crippen molar-refractivity contribution in [2.24, 2.45) is 0 Å². The maximum atomic E-state index is 2.41. The lowest BCUT2D eigenvalue weighted by Crippen LogP contribution is -2.17. The van der Waals surface area contributed by atoms with Gasteiger partial charge in [-0.25, -0.2) is 0 Å². The van der Waals surface area contributed by atoms with Crippen molar-refractivity contribution >= 4 is 34.1 Å². The number of nitrogens with zero attached hydrogens (tertiary/aromatic N) is 2. The zero-order valence-corrected chi connectivity index (χ0v) is 27.1. The van der Waals surface area contributed by atoms with E-state index in [0.717, 1.165) is 34.1 Å². The smallest absolute Gasteiger partial charge is 0.0511 e. The molecule has 47 heavy (non-hydrogen) atoms. The Bertz CT molecular complexity index is 1950. The first-order valence-corrected chi connectivity index (χ1v) is 16.2. The Morgan fingerprint density at radius 2 is 0.660 bits per heavy atom. The maximum absolute atomic E-state index is 2.41. The Morgan fingerprint density at radius 1 is 0.298 bits per heavy atom. The molecule has 0 saturated carbocycles. The first-order chi connectivity index (χ1) is 23.1. The molecule has 0 unspecified atom stereocenters. The van der Waals surface area contributed by atoms with Gasteiger partial charge in [0.2, 0.25) is 0 Å². The number of hydrogen-bond donors (Lipinski definition) is 0. The molecular weight excluding hydrogens is 569 g/mol. The summed E-state index contributed by atoms with van der Waals surface area (Å²) in [6.45, 7) is 6.66. The molecule has 0 fully saturated rings. The summed E-state index contributed by atoms with van der Waals surface area (Å²) in [7, 11) is 0. The Balaban J connectivity index is 1.43. The molecular formula is C45H38N2. The lowest BCUT2D eigenvalue weighted by Gasteiger charge is -2.33. The summed E-state index contributed by atoms with van der Waals surface area (Å²) in [6, 6.07) is 62.9. The third-order valence-corrected chi connectivity index (χ3v) is 8.90. The van der Waals surface area contributed by atoms with Crippen LogP contribution in [0.1, 0.15) is 16.7 Å². The minimum Gasteiger partial charge on any atom is -0.310 e. The molecule has 228 valence electrons. The van der Waals surface area contributed by atoms with Crippen LogP contribution in [0.2, 0.25) is 0 Å². The van der Waals surface area contributed by atoms with Gasteiger partial charge in [0.05, 0.1) is 11.4 Å². The number of rotatable bonds is 8. The molecule has 0 aliphatic carbocycles. The molecule has 7 aromatic carbocycles. The predicted octanol–water partition coefficient (Wildman–Crippen LogP) is 12.9. The van der Waals surface area contributed by atoms with Gasteiger partial charge >= 0.3 is 0 Å². The van der Waals surface area contributed by atoms with Crippen molar-refractivity contribution in [1.82, 2.24) is 0 Å². The van der Waals surface area contributed by atoms with Crippen LogP contribution in [0.25, 0.3) is 22.3 Å². The van der Waals surface area contributed by atoms with E-state index < -0.39 is 0 Å². The number of aryl methyl sites for hydroxylation is 2. The predicted molar refractivity (Wildman–Crippen MR) is 201 cm³/mol. The summed E-state index contributed by atoms with van der Waals surface area (Å²) >= 11 is 0. The molecule has 2 heteroatoms. The van der Waals surface area contributed by atoms with Crippen LogP contribution in [0.15, 0.2) is 176 Å². The summed E-state index contributed by atoms with van der Waals surface area (Å²) in [5.41, 5.74) is 15.2. The quantitative estimate of drug-likeness (QED) is 0.170. The molecule has 7 aromatic rings. The van der Waals surface area contributed by atoms with Gasteiger partial charge in [0, 0.05) is 22.7 Å². The van der Waals surface area contributed by atoms with E-state index in [1.807, 2.05) is 0 Å². The van der Waals surface area contributed by atoms with E-state index in [9.17, 15) is 0 Å². The summed E-state index contributed by atoms with van der Waals surface area (Å²) < 4.78 is 0. The fraction of sp³-hybridized carbons (Fsp3) is 0.0667. The van der Waals surface area contributed by atoms with Gasteiger partial charge in [-0.05, 0) is 108 Å². The van der Waals surface area contributed by atoms with Crippen molar-refractivity contribution < 1.29 is 0 Å². The topological polar surface area (TPSA) is 6.48 Å². The van der Waals surface area contributed by atoms with Gasteiger partial charge < -0.3 is 9.80 Å². The van der Waals surface area contributed by atoms with E-state index >= 15 is 0 Å². The average Bonchev–Trinajstić information content (AvgIpc) is 3.13. The van der Waals surface area contributed by atoms with E-state index in [0.29, 0.717) is 0 Å². The van der Waals surface area contributed by atoms with Crippen molar-refractivity contribution in [2.75, 3.05) is 9.80 Å². The summed E-state index contributed by atoms with van der Waals surface area (Å²) in [5.74, 6) is 0. The molecule has 0 N–H and O–H groups in total. The molecule has 0 aliphatic heterocycles. The molecule has 0 amide bonds. The monoisotopic (exact) mass is 606 g/mol. The van der Waals surface area contributed by atoms with Crippen molar-refractivity contribution in [3.05, 3.63) is 193 Å². The van der Waals surface area contributed by atoms with E-state index in [1.54, 1.807) is 0 Å². The molecule has 0 aliphatic rings. The number of para-hydroxylation sites is 2. The second-order valence-corrected chi connectivity index (χ2v) is 12.0. The van der Waals surface area contributed by atoms with E-state index in [1.165, 1.54) is 38.9 Å². The molecule has 0 radical (unpaired) electrons. The zero-order valence-electron chi connectivity index (χ0n) is 27.1. The average molecular weight is 607 g/mol. The van der Waals surface area contributed by atoms with Crippen molar-refractivity contribution in [3.63, 3.8) is 0 Å². The molecule has 7 rings (SSSR count). The number of benzene rings is 7. The Kier molecular flexibility index (Phi) is 8.41.